The van der Waals surface area contributed by atoms with Crippen molar-refractivity contribution < 1.29 is 15.0 Å². The molecule has 1 amide bonds. The Labute approximate surface area is 96.9 Å². The highest BCUT2D eigenvalue weighted by Gasteiger charge is 2.14. The maximum atomic E-state index is 10.5. The molecule has 0 heterocycles. The topological polar surface area (TPSA) is 93.4 Å². The first-order chi connectivity index (χ1) is 7.58. The van der Waals surface area contributed by atoms with Gasteiger partial charge < -0.3 is 15.5 Å². The van der Waals surface area contributed by atoms with Gasteiger partial charge in [0.15, 0.2) is 0 Å². The maximum Gasteiger partial charge on any atom is 0.405 e. The molecule has 1 aromatic rings. The number of nitriles is 1. The highest BCUT2D eigenvalue weighted by molar-refractivity contribution is 6.31. The van der Waals surface area contributed by atoms with Crippen molar-refractivity contribution in [1.82, 2.24) is 5.32 Å². The number of hydrogen-bond acceptors (Lipinski definition) is 3. The predicted octanol–water partition coefficient (Wildman–Crippen LogP) is 1.51. The Bertz CT molecular complexity index is 442. The summed E-state index contributed by atoms with van der Waals surface area (Å²) in [7, 11) is 0. The molecule has 1 atom stereocenters. The van der Waals surface area contributed by atoms with Gasteiger partial charge in [0.05, 0.1) is 23.2 Å². The minimum atomic E-state index is -1.24. The van der Waals surface area contributed by atoms with Crippen LogP contribution in [-0.4, -0.2) is 22.9 Å². The summed E-state index contributed by atoms with van der Waals surface area (Å²) in [6.07, 6.45) is -1.24. The number of aliphatic hydroxyl groups is 1. The van der Waals surface area contributed by atoms with Crippen LogP contribution in [-0.2, 0) is 0 Å². The lowest BCUT2D eigenvalue weighted by molar-refractivity contribution is 0.177. The third-order valence-electron chi connectivity index (χ3n) is 1.99. The van der Waals surface area contributed by atoms with Crippen molar-refractivity contribution in [1.29, 1.82) is 5.26 Å². The van der Waals surface area contributed by atoms with E-state index in [2.05, 4.69) is 5.32 Å². The van der Waals surface area contributed by atoms with Crippen molar-refractivity contribution >= 4 is 17.7 Å². The summed E-state index contributed by atoms with van der Waals surface area (Å²) in [5.74, 6) is 0. The SMILES string of the molecule is N#Cc1cc([C@@H](CO)NC(=O)O)ccc1Cl. The number of aliphatic hydroxyl groups excluding tert-OH is 1. The molecule has 1 aromatic carbocycles. The molecule has 5 nitrogen and oxygen atoms in total. The van der Waals surface area contributed by atoms with Crippen LogP contribution in [0.4, 0.5) is 4.79 Å². The Morgan fingerprint density at radius 3 is 2.81 bits per heavy atom. The minimum absolute atomic E-state index is 0.241. The molecule has 3 N–H and O–H groups in total. The summed E-state index contributed by atoms with van der Waals surface area (Å²) in [4.78, 5) is 10.5. The van der Waals surface area contributed by atoms with Gasteiger partial charge in [0.25, 0.3) is 0 Å². The van der Waals surface area contributed by atoms with Crippen molar-refractivity contribution in [3.8, 4) is 6.07 Å². The van der Waals surface area contributed by atoms with Crippen molar-refractivity contribution in [2.75, 3.05) is 6.61 Å². The van der Waals surface area contributed by atoms with Crippen LogP contribution in [0.15, 0.2) is 18.2 Å². The second-order valence-corrected chi connectivity index (χ2v) is 3.44. The lowest BCUT2D eigenvalue weighted by atomic mass is 10.1. The molecule has 6 heteroatoms. The van der Waals surface area contributed by atoms with Crippen molar-refractivity contribution in [2.24, 2.45) is 0 Å². The molecule has 0 aliphatic heterocycles. The van der Waals surface area contributed by atoms with Gasteiger partial charge in [-0.3, -0.25) is 0 Å². The fourth-order valence-electron chi connectivity index (χ4n) is 1.23. The largest absolute Gasteiger partial charge is 0.465 e. The summed E-state index contributed by atoms with van der Waals surface area (Å²) in [5.41, 5.74) is 0.732. The molecule has 0 aliphatic rings. The van der Waals surface area contributed by atoms with E-state index in [0.717, 1.165) is 0 Å². The molecule has 0 saturated heterocycles. The summed E-state index contributed by atoms with van der Waals surface area (Å²) in [5, 5.41) is 28.7. The Hall–Kier alpha value is -1.77. The van der Waals surface area contributed by atoms with E-state index in [1.54, 1.807) is 6.07 Å². The molecule has 0 aliphatic carbocycles. The van der Waals surface area contributed by atoms with Gasteiger partial charge in [-0.25, -0.2) is 4.79 Å². The van der Waals surface area contributed by atoms with E-state index < -0.39 is 18.7 Å². The lowest BCUT2D eigenvalue weighted by Gasteiger charge is -2.14. The molecule has 0 radical (unpaired) electrons. The van der Waals surface area contributed by atoms with Crippen LogP contribution >= 0.6 is 11.6 Å². The van der Waals surface area contributed by atoms with Crippen LogP contribution in [0.3, 0.4) is 0 Å². The van der Waals surface area contributed by atoms with Crippen molar-refractivity contribution in [3.05, 3.63) is 34.3 Å². The molecule has 0 spiro atoms. The van der Waals surface area contributed by atoms with Crippen LogP contribution in [0.1, 0.15) is 17.2 Å². The highest BCUT2D eigenvalue weighted by Crippen LogP contribution is 2.20. The number of nitrogens with zero attached hydrogens (tertiary/aromatic N) is 1. The smallest absolute Gasteiger partial charge is 0.405 e. The molecule has 0 saturated carbocycles. The van der Waals surface area contributed by atoms with Gasteiger partial charge in [-0.15, -0.1) is 0 Å². The van der Waals surface area contributed by atoms with Crippen molar-refractivity contribution in [3.63, 3.8) is 0 Å². The van der Waals surface area contributed by atoms with E-state index in [9.17, 15) is 4.79 Å². The number of halogens is 1. The zero-order valence-corrected chi connectivity index (χ0v) is 8.90. The molecule has 0 bridgehead atoms. The van der Waals surface area contributed by atoms with Gasteiger partial charge in [-0.2, -0.15) is 5.26 Å². The first-order valence-corrected chi connectivity index (χ1v) is 4.76. The molecule has 84 valence electrons. The van der Waals surface area contributed by atoms with Gasteiger partial charge in [-0.05, 0) is 17.7 Å². The summed E-state index contributed by atoms with van der Waals surface area (Å²) in [6, 6.07) is 5.60. The predicted molar refractivity (Wildman–Crippen MR) is 57.2 cm³/mol. The van der Waals surface area contributed by atoms with Crippen LogP contribution in [0.2, 0.25) is 5.02 Å². The van der Waals surface area contributed by atoms with E-state index in [1.807, 2.05) is 6.07 Å². The maximum absolute atomic E-state index is 10.5. The first-order valence-electron chi connectivity index (χ1n) is 4.38. The molecule has 16 heavy (non-hydrogen) atoms. The Kier molecular flexibility index (Phi) is 4.11. The zero-order chi connectivity index (χ0) is 12.1. The first kappa shape index (κ1) is 12.3. The molecule has 1 rings (SSSR count). The summed E-state index contributed by atoms with van der Waals surface area (Å²) >= 11 is 5.73. The molecule has 0 fully saturated rings. The average molecular weight is 241 g/mol. The number of amides is 1. The normalized spacial score (nSPS) is 11.6. The Morgan fingerprint density at radius 1 is 1.62 bits per heavy atom. The highest BCUT2D eigenvalue weighted by atomic mass is 35.5. The summed E-state index contributed by atoms with van der Waals surface area (Å²) < 4.78 is 0. The third kappa shape index (κ3) is 2.86. The number of hydrogen-bond donors (Lipinski definition) is 3. The van der Waals surface area contributed by atoms with Crippen LogP contribution in [0.25, 0.3) is 0 Å². The minimum Gasteiger partial charge on any atom is -0.465 e. The average Bonchev–Trinajstić information content (AvgIpc) is 2.26. The number of benzene rings is 1. The quantitative estimate of drug-likeness (QED) is 0.747. The van der Waals surface area contributed by atoms with Gasteiger partial charge in [-0.1, -0.05) is 17.7 Å². The zero-order valence-electron chi connectivity index (χ0n) is 8.14. The van der Waals surface area contributed by atoms with Gasteiger partial charge in [0, 0.05) is 0 Å². The van der Waals surface area contributed by atoms with Gasteiger partial charge in [0.2, 0.25) is 0 Å². The number of carboxylic acid groups (broad SMARTS) is 1. The Balaban J connectivity index is 3.02. The molecular formula is C10H9ClN2O3. The standard InChI is InChI=1S/C10H9ClN2O3/c11-8-2-1-6(3-7(8)4-12)9(5-14)13-10(15)16/h1-3,9,13-14H,5H2,(H,15,16)/t9-/m1/s1. The Morgan fingerprint density at radius 2 is 2.31 bits per heavy atom. The van der Waals surface area contributed by atoms with Crippen LogP contribution < -0.4 is 5.32 Å². The summed E-state index contributed by atoms with van der Waals surface area (Å²) in [6.45, 7) is -0.390. The van der Waals surface area contributed by atoms with Gasteiger partial charge in [0.1, 0.15) is 6.07 Å². The third-order valence-corrected chi connectivity index (χ3v) is 2.32. The molecular weight excluding hydrogens is 232 g/mol. The fraction of sp³-hybridized carbons (Fsp3) is 0.200. The van der Waals surface area contributed by atoms with E-state index in [-0.39, 0.29) is 5.56 Å². The van der Waals surface area contributed by atoms with E-state index in [0.29, 0.717) is 10.6 Å². The van der Waals surface area contributed by atoms with E-state index in [4.69, 9.17) is 27.1 Å². The van der Waals surface area contributed by atoms with Crippen LogP contribution in [0.5, 0.6) is 0 Å². The van der Waals surface area contributed by atoms with E-state index >= 15 is 0 Å². The van der Waals surface area contributed by atoms with E-state index in [1.165, 1.54) is 12.1 Å². The second-order valence-electron chi connectivity index (χ2n) is 3.04. The van der Waals surface area contributed by atoms with Crippen LogP contribution in [0, 0.1) is 11.3 Å². The number of nitrogens with one attached hydrogen (secondary N) is 1. The second kappa shape index (κ2) is 5.35. The number of rotatable bonds is 3. The molecule has 0 unspecified atom stereocenters. The lowest BCUT2D eigenvalue weighted by Crippen LogP contribution is -2.29. The van der Waals surface area contributed by atoms with Crippen molar-refractivity contribution in [2.45, 2.75) is 6.04 Å². The van der Waals surface area contributed by atoms with Gasteiger partial charge >= 0.3 is 6.09 Å². The fourth-order valence-corrected chi connectivity index (χ4v) is 1.39. The number of carbonyl (C=O) groups is 1. The monoisotopic (exact) mass is 240 g/mol. The molecule has 0 aromatic heterocycles.